The molecular weight excluding hydrogens is 266 g/mol. The van der Waals surface area contributed by atoms with E-state index in [-0.39, 0.29) is 6.61 Å². The van der Waals surface area contributed by atoms with Crippen molar-refractivity contribution in [2.45, 2.75) is 40.4 Å². The number of ether oxygens (including phenoxy) is 1. The second-order valence-corrected chi connectivity index (χ2v) is 5.40. The van der Waals surface area contributed by atoms with E-state index in [4.69, 9.17) is 4.74 Å². The molecule has 4 heteroatoms. The molecule has 2 rings (SSSR count). The number of hydrogen-bond donors (Lipinski definition) is 2. The third-order valence-corrected chi connectivity index (χ3v) is 3.61. The van der Waals surface area contributed by atoms with Crippen molar-refractivity contribution in [3.05, 3.63) is 57.9 Å². The molecular formula is C17H21NO3. The molecule has 112 valence electrons. The van der Waals surface area contributed by atoms with Gasteiger partial charge in [0, 0.05) is 11.3 Å². The minimum atomic E-state index is -0.611. The minimum absolute atomic E-state index is 0.237. The molecule has 1 atom stereocenters. The van der Waals surface area contributed by atoms with E-state index in [1.165, 1.54) is 5.56 Å². The zero-order valence-corrected chi connectivity index (χ0v) is 12.9. The van der Waals surface area contributed by atoms with Gasteiger partial charge in [0.2, 0.25) is 0 Å². The highest BCUT2D eigenvalue weighted by Crippen LogP contribution is 2.25. The first kappa shape index (κ1) is 15.3. The highest BCUT2D eigenvalue weighted by Gasteiger charge is 2.20. The number of carbonyl (C=O) groups excluding carboxylic acids is 1. The van der Waals surface area contributed by atoms with Crippen molar-refractivity contribution in [3.8, 4) is 0 Å². The zero-order chi connectivity index (χ0) is 15.6. The highest BCUT2D eigenvalue weighted by atomic mass is 16.5. The Hall–Kier alpha value is -2.07. The average Bonchev–Trinajstić information content (AvgIpc) is 2.73. The van der Waals surface area contributed by atoms with Gasteiger partial charge in [-0.25, -0.2) is 4.79 Å². The van der Waals surface area contributed by atoms with E-state index in [9.17, 15) is 9.90 Å². The molecule has 2 aromatic rings. The molecule has 0 fully saturated rings. The van der Waals surface area contributed by atoms with Gasteiger partial charge in [0.25, 0.3) is 0 Å². The fourth-order valence-corrected chi connectivity index (χ4v) is 2.50. The van der Waals surface area contributed by atoms with Crippen molar-refractivity contribution in [1.82, 2.24) is 4.98 Å². The van der Waals surface area contributed by atoms with Crippen LogP contribution in [0.25, 0.3) is 0 Å². The molecule has 0 radical (unpaired) electrons. The molecule has 1 heterocycles. The van der Waals surface area contributed by atoms with Crippen LogP contribution in [-0.4, -0.2) is 16.1 Å². The number of aromatic amines is 1. The first-order valence-electron chi connectivity index (χ1n) is 7.00. The van der Waals surface area contributed by atoms with Gasteiger partial charge in [-0.05, 0) is 38.8 Å². The fraction of sp³-hybridized carbons (Fsp3) is 0.353. The normalized spacial score (nSPS) is 12.2. The number of benzene rings is 1. The van der Waals surface area contributed by atoms with Crippen LogP contribution >= 0.6 is 0 Å². The number of esters is 1. The van der Waals surface area contributed by atoms with Crippen LogP contribution in [0.5, 0.6) is 0 Å². The quantitative estimate of drug-likeness (QED) is 0.848. The van der Waals surface area contributed by atoms with Crippen LogP contribution in [-0.2, 0) is 11.3 Å². The Kier molecular flexibility index (Phi) is 4.48. The van der Waals surface area contributed by atoms with E-state index in [1.807, 2.05) is 45.0 Å². The van der Waals surface area contributed by atoms with Gasteiger partial charge in [0.05, 0.1) is 6.10 Å². The maximum atomic E-state index is 12.2. The minimum Gasteiger partial charge on any atom is -0.456 e. The summed E-state index contributed by atoms with van der Waals surface area (Å²) in [6.07, 6.45) is -0.611. The second-order valence-electron chi connectivity index (χ2n) is 5.40. The molecule has 1 aromatic carbocycles. The third-order valence-electron chi connectivity index (χ3n) is 3.61. The smallest absolute Gasteiger partial charge is 0.355 e. The molecule has 2 N–H and O–H groups in total. The summed E-state index contributed by atoms with van der Waals surface area (Å²) in [5.41, 5.74) is 4.84. The van der Waals surface area contributed by atoms with Crippen molar-refractivity contribution < 1.29 is 14.6 Å². The lowest BCUT2D eigenvalue weighted by Gasteiger charge is -2.06. The Morgan fingerprint density at radius 3 is 2.38 bits per heavy atom. The van der Waals surface area contributed by atoms with Crippen LogP contribution in [0.3, 0.4) is 0 Å². The van der Waals surface area contributed by atoms with Crippen molar-refractivity contribution >= 4 is 5.97 Å². The van der Waals surface area contributed by atoms with Gasteiger partial charge in [-0.15, -0.1) is 0 Å². The molecule has 0 saturated heterocycles. The van der Waals surface area contributed by atoms with E-state index >= 15 is 0 Å². The van der Waals surface area contributed by atoms with Crippen molar-refractivity contribution in [3.63, 3.8) is 0 Å². The highest BCUT2D eigenvalue weighted by molar-refractivity contribution is 5.89. The number of aryl methyl sites for hydroxylation is 2. The summed E-state index contributed by atoms with van der Waals surface area (Å²) >= 11 is 0. The van der Waals surface area contributed by atoms with Gasteiger partial charge in [-0.3, -0.25) is 0 Å². The van der Waals surface area contributed by atoms with Gasteiger partial charge >= 0.3 is 5.97 Å². The number of carbonyl (C=O) groups is 1. The van der Waals surface area contributed by atoms with Gasteiger partial charge in [0.15, 0.2) is 0 Å². The molecule has 0 spiro atoms. The molecule has 4 nitrogen and oxygen atoms in total. The number of rotatable bonds is 4. The molecule has 0 aliphatic rings. The lowest BCUT2D eigenvalue weighted by molar-refractivity contribution is 0.0465. The summed E-state index contributed by atoms with van der Waals surface area (Å²) in [7, 11) is 0. The Balaban J connectivity index is 2.10. The van der Waals surface area contributed by atoms with Crippen molar-refractivity contribution in [2.24, 2.45) is 0 Å². The molecule has 0 aliphatic heterocycles. The third kappa shape index (κ3) is 3.34. The molecule has 0 bridgehead atoms. The lowest BCUT2D eigenvalue weighted by atomic mass is 10.1. The number of H-pyrrole nitrogens is 1. The van der Waals surface area contributed by atoms with Gasteiger partial charge in [-0.2, -0.15) is 0 Å². The van der Waals surface area contributed by atoms with E-state index in [0.717, 1.165) is 22.4 Å². The summed E-state index contributed by atoms with van der Waals surface area (Å²) in [5, 5.41) is 9.74. The van der Waals surface area contributed by atoms with Crippen LogP contribution < -0.4 is 0 Å². The second kappa shape index (κ2) is 6.14. The Morgan fingerprint density at radius 2 is 1.86 bits per heavy atom. The number of aliphatic hydroxyl groups excluding tert-OH is 1. The van der Waals surface area contributed by atoms with Crippen molar-refractivity contribution in [1.29, 1.82) is 0 Å². The van der Waals surface area contributed by atoms with E-state index in [2.05, 4.69) is 4.98 Å². The topological polar surface area (TPSA) is 62.3 Å². The lowest BCUT2D eigenvalue weighted by Crippen LogP contribution is -2.07. The van der Waals surface area contributed by atoms with Gasteiger partial charge in [0.1, 0.15) is 12.3 Å². The van der Waals surface area contributed by atoms with Crippen LogP contribution in [0.1, 0.15) is 51.5 Å². The Labute approximate surface area is 124 Å². The first-order chi connectivity index (χ1) is 9.90. The maximum absolute atomic E-state index is 12.2. The predicted octanol–water partition coefficient (Wildman–Crippen LogP) is 3.35. The standard InChI is InChI=1S/C17H21NO3/c1-10-5-7-14(8-6-10)9-21-17(20)16-11(2)15(13(4)19)12(3)18-16/h5-8,13,18-19H,9H2,1-4H3/t13-/m1/s1. The van der Waals surface area contributed by atoms with Crippen LogP contribution in [0.2, 0.25) is 0 Å². The number of aromatic nitrogens is 1. The zero-order valence-electron chi connectivity index (χ0n) is 12.9. The SMILES string of the molecule is Cc1ccc(COC(=O)c2[nH]c(C)c([C@@H](C)O)c2C)cc1. The van der Waals surface area contributed by atoms with E-state index < -0.39 is 12.1 Å². The Morgan fingerprint density at radius 1 is 1.24 bits per heavy atom. The molecule has 0 unspecified atom stereocenters. The summed E-state index contributed by atoms with van der Waals surface area (Å²) in [6, 6.07) is 7.85. The van der Waals surface area contributed by atoms with E-state index in [0.29, 0.717) is 5.69 Å². The predicted molar refractivity (Wildman–Crippen MR) is 81.2 cm³/mol. The maximum Gasteiger partial charge on any atom is 0.355 e. The van der Waals surface area contributed by atoms with Gasteiger partial charge in [-0.1, -0.05) is 29.8 Å². The Bertz CT molecular complexity index is 639. The largest absolute Gasteiger partial charge is 0.456 e. The summed E-state index contributed by atoms with van der Waals surface area (Å²) in [5.74, 6) is -0.400. The molecule has 0 aliphatic carbocycles. The fourth-order valence-electron chi connectivity index (χ4n) is 2.50. The first-order valence-corrected chi connectivity index (χ1v) is 7.00. The average molecular weight is 287 g/mol. The summed E-state index contributed by atoms with van der Waals surface area (Å²) in [4.78, 5) is 15.2. The van der Waals surface area contributed by atoms with Crippen LogP contribution in [0.15, 0.2) is 24.3 Å². The molecule has 0 amide bonds. The monoisotopic (exact) mass is 287 g/mol. The summed E-state index contributed by atoms with van der Waals surface area (Å²) in [6.45, 7) is 7.59. The number of nitrogens with one attached hydrogen (secondary N) is 1. The number of hydrogen-bond acceptors (Lipinski definition) is 3. The summed E-state index contributed by atoms with van der Waals surface area (Å²) < 4.78 is 5.33. The molecule has 0 saturated carbocycles. The van der Waals surface area contributed by atoms with E-state index in [1.54, 1.807) is 6.92 Å². The van der Waals surface area contributed by atoms with Crippen molar-refractivity contribution in [2.75, 3.05) is 0 Å². The molecule has 1 aromatic heterocycles. The van der Waals surface area contributed by atoms with Gasteiger partial charge < -0.3 is 14.8 Å². The van der Waals surface area contributed by atoms with Crippen LogP contribution in [0, 0.1) is 20.8 Å². The molecule has 21 heavy (non-hydrogen) atoms. The number of aliphatic hydroxyl groups is 1. The van der Waals surface area contributed by atoms with Crippen LogP contribution in [0.4, 0.5) is 0 Å².